The quantitative estimate of drug-likeness (QED) is 0.181. The lowest BCUT2D eigenvalue weighted by Crippen LogP contribution is -2.52. The van der Waals surface area contributed by atoms with Gasteiger partial charge in [0.25, 0.3) is 5.91 Å². The van der Waals surface area contributed by atoms with Crippen LogP contribution in [0.3, 0.4) is 0 Å². The molecule has 3 unspecified atom stereocenters. The zero-order valence-corrected chi connectivity index (χ0v) is 33.2. The zero-order valence-electron chi connectivity index (χ0n) is 33.2. The molecule has 5 aromatic rings. The smallest absolute Gasteiger partial charge is 0.255 e. The monoisotopic (exact) mass is 794 g/mol. The standard InChI is InChI=1S/C45H50N10O4/c46-42-40-41(31-6-9-36(10-7-31)59-35-4-2-1-3-5-35)50-55(43(40)48-28-47-42)33-16-19-51(20-17-33)23-29-14-18-52(24-29)25-30-15-21-53(26-30)34-8-11-37-32(22-34)27-54(45(37)58)38-12-13-39(56)49-44(38)57/h1-11,22,28-30,33,38H,12-21,23-27H2,(H2,46,47,48)(H,49,56,57). The van der Waals surface area contributed by atoms with E-state index in [1.54, 1.807) is 4.90 Å². The Labute approximate surface area is 343 Å². The molecular formula is C45H50N10O4. The van der Waals surface area contributed by atoms with Crippen molar-refractivity contribution in [1.82, 2.24) is 39.8 Å². The van der Waals surface area contributed by atoms with Crippen molar-refractivity contribution in [2.45, 2.75) is 57.2 Å². The summed E-state index contributed by atoms with van der Waals surface area (Å²) in [5.74, 6) is 2.50. The number of hydrogen-bond donors (Lipinski definition) is 2. The van der Waals surface area contributed by atoms with Gasteiger partial charge in [-0.1, -0.05) is 18.2 Å². The second-order valence-electron chi connectivity index (χ2n) is 17.0. The van der Waals surface area contributed by atoms with Crippen LogP contribution in [-0.4, -0.2) is 111 Å². The van der Waals surface area contributed by atoms with Gasteiger partial charge in [-0.15, -0.1) is 0 Å². The number of likely N-dealkylation sites (tertiary alicyclic amines) is 2. The summed E-state index contributed by atoms with van der Waals surface area (Å²) in [6.45, 7) is 9.01. The summed E-state index contributed by atoms with van der Waals surface area (Å²) in [4.78, 5) is 55.8. The number of rotatable bonds is 10. The number of imide groups is 1. The first kappa shape index (κ1) is 37.4. The highest BCUT2D eigenvalue weighted by Gasteiger charge is 2.40. The van der Waals surface area contributed by atoms with E-state index in [1.807, 2.05) is 60.7 Å². The van der Waals surface area contributed by atoms with E-state index < -0.39 is 6.04 Å². The average Bonchev–Trinajstić information content (AvgIpc) is 4.06. The van der Waals surface area contributed by atoms with Gasteiger partial charge in [-0.05, 0) is 111 Å². The number of nitrogen functional groups attached to an aromatic ring is 1. The van der Waals surface area contributed by atoms with Gasteiger partial charge in [0, 0.05) is 75.6 Å². The van der Waals surface area contributed by atoms with Crippen LogP contribution < -0.4 is 20.7 Å². The summed E-state index contributed by atoms with van der Waals surface area (Å²) in [6.07, 6.45) is 6.57. The molecule has 0 radical (unpaired) electrons. The van der Waals surface area contributed by atoms with Crippen LogP contribution in [0.2, 0.25) is 0 Å². The van der Waals surface area contributed by atoms with E-state index in [2.05, 4.69) is 46.8 Å². The molecular weight excluding hydrogens is 745 g/mol. The minimum Gasteiger partial charge on any atom is -0.457 e. The van der Waals surface area contributed by atoms with Crippen molar-refractivity contribution in [1.29, 1.82) is 0 Å². The fourth-order valence-electron chi connectivity index (χ4n) is 10.0. The first-order valence-electron chi connectivity index (χ1n) is 21.1. The Kier molecular flexibility index (Phi) is 9.97. The summed E-state index contributed by atoms with van der Waals surface area (Å²) in [6, 6.07) is 23.5. The Hall–Kier alpha value is -5.86. The number of fused-ring (bicyclic) bond motifs is 2. The lowest BCUT2D eigenvalue weighted by Gasteiger charge is -2.33. The predicted molar refractivity (Wildman–Crippen MR) is 224 cm³/mol. The van der Waals surface area contributed by atoms with Gasteiger partial charge in [-0.2, -0.15) is 5.10 Å². The Morgan fingerprint density at radius 2 is 1.53 bits per heavy atom. The minimum atomic E-state index is -0.590. The molecule has 304 valence electrons. The van der Waals surface area contributed by atoms with E-state index in [0.717, 1.165) is 117 Å². The van der Waals surface area contributed by atoms with Crippen LogP contribution in [0, 0.1) is 11.8 Å². The van der Waals surface area contributed by atoms with Crippen molar-refractivity contribution in [3.63, 3.8) is 0 Å². The van der Waals surface area contributed by atoms with Crippen LogP contribution in [0.1, 0.15) is 60.5 Å². The van der Waals surface area contributed by atoms with E-state index in [1.165, 1.54) is 12.7 Å². The molecule has 0 spiro atoms. The minimum absolute atomic E-state index is 0.122. The molecule has 5 aliphatic rings. The van der Waals surface area contributed by atoms with E-state index >= 15 is 0 Å². The highest BCUT2D eigenvalue weighted by Crippen LogP contribution is 2.37. The van der Waals surface area contributed by atoms with Crippen LogP contribution >= 0.6 is 0 Å². The maximum atomic E-state index is 13.2. The Morgan fingerprint density at radius 3 is 2.34 bits per heavy atom. The molecule has 0 aliphatic carbocycles. The number of nitrogens with one attached hydrogen (secondary N) is 1. The fourth-order valence-corrected chi connectivity index (χ4v) is 10.0. The topological polar surface area (TPSA) is 155 Å². The van der Waals surface area contributed by atoms with Gasteiger partial charge >= 0.3 is 0 Å². The van der Waals surface area contributed by atoms with E-state index in [4.69, 9.17) is 15.6 Å². The lowest BCUT2D eigenvalue weighted by molar-refractivity contribution is -0.136. The second-order valence-corrected chi connectivity index (χ2v) is 17.0. The maximum absolute atomic E-state index is 13.2. The van der Waals surface area contributed by atoms with E-state index in [0.29, 0.717) is 36.2 Å². The third kappa shape index (κ3) is 7.51. The Bertz CT molecular complexity index is 2380. The molecule has 3 atom stereocenters. The van der Waals surface area contributed by atoms with Crippen molar-refractivity contribution >= 4 is 40.3 Å². The number of carbonyl (C=O) groups is 3. The zero-order chi connectivity index (χ0) is 40.0. The molecule has 7 heterocycles. The summed E-state index contributed by atoms with van der Waals surface area (Å²) >= 11 is 0. The first-order valence-corrected chi connectivity index (χ1v) is 21.1. The highest BCUT2D eigenvalue weighted by atomic mass is 16.5. The number of benzene rings is 3. The van der Waals surface area contributed by atoms with Crippen LogP contribution in [0.5, 0.6) is 11.5 Å². The number of nitrogens with zero attached hydrogens (tertiary/aromatic N) is 8. The second kappa shape index (κ2) is 15.7. The molecule has 10 rings (SSSR count). The summed E-state index contributed by atoms with van der Waals surface area (Å²) in [5.41, 5.74) is 11.8. The third-order valence-corrected chi connectivity index (χ3v) is 13.1. The van der Waals surface area contributed by atoms with E-state index in [9.17, 15) is 14.4 Å². The molecule has 0 saturated carbocycles. The average molecular weight is 795 g/mol. The van der Waals surface area contributed by atoms with Gasteiger partial charge in [0.05, 0.1) is 11.4 Å². The largest absolute Gasteiger partial charge is 0.457 e. The molecule has 3 amide bonds. The number of carbonyl (C=O) groups excluding carboxylic acids is 3. The van der Waals surface area contributed by atoms with E-state index in [-0.39, 0.29) is 30.2 Å². The number of hydrogen-bond acceptors (Lipinski definition) is 11. The van der Waals surface area contributed by atoms with Crippen LogP contribution in [0.4, 0.5) is 11.5 Å². The molecule has 4 fully saturated rings. The van der Waals surface area contributed by atoms with Gasteiger partial charge in [0.15, 0.2) is 5.65 Å². The summed E-state index contributed by atoms with van der Waals surface area (Å²) in [7, 11) is 0. The highest BCUT2D eigenvalue weighted by molar-refractivity contribution is 6.05. The number of piperidine rings is 2. The number of aromatic nitrogens is 4. The summed E-state index contributed by atoms with van der Waals surface area (Å²) < 4.78 is 8.11. The van der Waals surface area contributed by atoms with Crippen molar-refractivity contribution in [3.8, 4) is 22.8 Å². The normalized spacial score (nSPS) is 23.1. The number of amides is 3. The number of anilines is 2. The van der Waals surface area contributed by atoms with Crippen LogP contribution in [0.15, 0.2) is 79.1 Å². The van der Waals surface area contributed by atoms with Crippen molar-refractivity contribution in [2.24, 2.45) is 11.8 Å². The number of nitrogens with two attached hydrogens (primary N) is 1. The van der Waals surface area contributed by atoms with Gasteiger partial charge < -0.3 is 30.1 Å². The third-order valence-electron chi connectivity index (χ3n) is 13.1. The Morgan fingerprint density at radius 1 is 0.780 bits per heavy atom. The number of ether oxygens (including phenoxy) is 1. The molecule has 3 aromatic carbocycles. The Balaban J connectivity index is 0.711. The van der Waals surface area contributed by atoms with Crippen LogP contribution in [-0.2, 0) is 16.1 Å². The molecule has 14 nitrogen and oxygen atoms in total. The van der Waals surface area contributed by atoms with Crippen molar-refractivity contribution < 1.29 is 19.1 Å². The maximum Gasteiger partial charge on any atom is 0.255 e. The van der Waals surface area contributed by atoms with Crippen molar-refractivity contribution in [3.05, 3.63) is 90.3 Å². The lowest BCUT2D eigenvalue weighted by atomic mass is 10.0. The molecule has 14 heteroatoms. The van der Waals surface area contributed by atoms with Gasteiger partial charge in [-0.3, -0.25) is 19.7 Å². The molecule has 0 bridgehead atoms. The molecule has 3 N–H and O–H groups in total. The fraction of sp³-hybridized carbons (Fsp3) is 0.422. The van der Waals surface area contributed by atoms with Gasteiger partial charge in [0.1, 0.15) is 35.4 Å². The SMILES string of the molecule is Nc1ncnc2c1c(-c1ccc(Oc3ccccc3)cc1)nn2C1CCN(CC2CCN(CC3CCN(c4ccc5c(c4)CN(C4CCC(=O)NC4=O)C5=O)C3)C2)CC1. The van der Waals surface area contributed by atoms with Gasteiger partial charge in [-0.25, -0.2) is 14.6 Å². The summed E-state index contributed by atoms with van der Waals surface area (Å²) in [5, 5.41) is 8.33. The molecule has 59 heavy (non-hydrogen) atoms. The first-order chi connectivity index (χ1) is 28.8. The molecule has 4 saturated heterocycles. The number of para-hydroxylation sites is 1. The van der Waals surface area contributed by atoms with Crippen LogP contribution in [0.25, 0.3) is 22.3 Å². The predicted octanol–water partition coefficient (Wildman–Crippen LogP) is 5.11. The molecule has 2 aromatic heterocycles. The van der Waals surface area contributed by atoms with Crippen molar-refractivity contribution in [2.75, 3.05) is 63.0 Å². The van der Waals surface area contributed by atoms with Gasteiger partial charge in [0.2, 0.25) is 11.8 Å². The molecule has 5 aliphatic heterocycles.